The first-order valence-corrected chi connectivity index (χ1v) is 6.69. The highest BCUT2D eigenvalue weighted by molar-refractivity contribution is 5.27. The minimum atomic E-state index is 0.799. The molecule has 0 aromatic heterocycles. The van der Waals surface area contributed by atoms with Crippen molar-refractivity contribution in [2.24, 2.45) is 5.92 Å². The molecule has 94 valence electrons. The lowest BCUT2D eigenvalue weighted by Crippen LogP contribution is -2.21. The minimum Gasteiger partial charge on any atom is -0.497 e. The van der Waals surface area contributed by atoms with Gasteiger partial charge in [-0.3, -0.25) is 0 Å². The second-order valence-corrected chi connectivity index (χ2v) is 4.94. The van der Waals surface area contributed by atoms with E-state index in [0.29, 0.717) is 0 Å². The first-order chi connectivity index (χ1) is 8.33. The third-order valence-corrected chi connectivity index (χ3v) is 3.56. The Hall–Kier alpha value is -1.02. The van der Waals surface area contributed by atoms with Crippen molar-refractivity contribution >= 4 is 0 Å². The fourth-order valence-corrected chi connectivity index (χ4v) is 2.38. The Morgan fingerprint density at radius 3 is 2.71 bits per heavy atom. The largest absolute Gasteiger partial charge is 0.497 e. The Labute approximate surface area is 104 Å². The molecule has 0 heterocycles. The Balaban J connectivity index is 1.65. The van der Waals surface area contributed by atoms with Crippen LogP contribution in [0, 0.1) is 5.92 Å². The van der Waals surface area contributed by atoms with Gasteiger partial charge in [-0.15, -0.1) is 0 Å². The highest BCUT2D eigenvalue weighted by Crippen LogP contribution is 2.34. The van der Waals surface area contributed by atoms with Crippen LogP contribution in [0.1, 0.15) is 31.7 Å². The van der Waals surface area contributed by atoms with Crippen LogP contribution in [0.4, 0.5) is 0 Å². The van der Waals surface area contributed by atoms with Gasteiger partial charge in [0, 0.05) is 6.04 Å². The number of hydrogen-bond acceptors (Lipinski definition) is 2. The summed E-state index contributed by atoms with van der Waals surface area (Å²) in [5.41, 5.74) is 1.38. The zero-order valence-corrected chi connectivity index (χ0v) is 10.9. The molecule has 1 aromatic rings. The predicted octanol–water partition coefficient (Wildman–Crippen LogP) is 3.02. The average Bonchev–Trinajstić information content (AvgIpc) is 3.09. The van der Waals surface area contributed by atoms with E-state index >= 15 is 0 Å². The third-order valence-electron chi connectivity index (χ3n) is 3.56. The summed E-state index contributed by atoms with van der Waals surface area (Å²) in [6.45, 7) is 3.37. The molecular formula is C15H23NO. The molecule has 2 atom stereocenters. The van der Waals surface area contributed by atoms with Crippen molar-refractivity contribution in [1.29, 1.82) is 0 Å². The predicted molar refractivity (Wildman–Crippen MR) is 71.5 cm³/mol. The van der Waals surface area contributed by atoms with E-state index in [4.69, 9.17) is 4.74 Å². The molecule has 1 fully saturated rings. The molecule has 2 rings (SSSR count). The van der Waals surface area contributed by atoms with Crippen molar-refractivity contribution in [3.05, 3.63) is 29.8 Å². The summed E-state index contributed by atoms with van der Waals surface area (Å²) in [5.74, 6) is 1.89. The van der Waals surface area contributed by atoms with Crippen LogP contribution in [0.5, 0.6) is 5.75 Å². The molecule has 1 saturated carbocycles. The van der Waals surface area contributed by atoms with Gasteiger partial charge in [0.2, 0.25) is 0 Å². The summed E-state index contributed by atoms with van der Waals surface area (Å²) in [7, 11) is 1.71. The van der Waals surface area contributed by atoms with Crippen molar-refractivity contribution in [3.8, 4) is 5.75 Å². The molecule has 17 heavy (non-hydrogen) atoms. The Kier molecular flexibility index (Phi) is 4.43. The molecule has 2 unspecified atom stereocenters. The van der Waals surface area contributed by atoms with Crippen LogP contribution in [0.25, 0.3) is 0 Å². The third kappa shape index (κ3) is 3.74. The van der Waals surface area contributed by atoms with Crippen molar-refractivity contribution in [1.82, 2.24) is 5.32 Å². The monoisotopic (exact) mass is 233 g/mol. The van der Waals surface area contributed by atoms with Gasteiger partial charge in [-0.2, -0.15) is 0 Å². The molecule has 2 nitrogen and oxygen atoms in total. The van der Waals surface area contributed by atoms with Gasteiger partial charge in [0.25, 0.3) is 0 Å². The number of methoxy groups -OCH3 is 1. The SMILES string of the molecule is CCCC1CC1NCCc1ccc(OC)cc1. The highest BCUT2D eigenvalue weighted by atomic mass is 16.5. The maximum Gasteiger partial charge on any atom is 0.118 e. The fourth-order valence-electron chi connectivity index (χ4n) is 2.38. The number of ether oxygens (including phenoxy) is 1. The van der Waals surface area contributed by atoms with Gasteiger partial charge in [0.05, 0.1) is 7.11 Å². The van der Waals surface area contributed by atoms with E-state index in [2.05, 4.69) is 24.4 Å². The molecule has 2 heteroatoms. The molecule has 0 saturated heterocycles. The van der Waals surface area contributed by atoms with Gasteiger partial charge in [0.15, 0.2) is 0 Å². The average molecular weight is 233 g/mol. The van der Waals surface area contributed by atoms with Crippen LogP contribution >= 0.6 is 0 Å². The zero-order valence-electron chi connectivity index (χ0n) is 10.9. The van der Waals surface area contributed by atoms with Crippen molar-refractivity contribution in [2.75, 3.05) is 13.7 Å². The molecule has 1 N–H and O–H groups in total. The first kappa shape index (κ1) is 12.4. The van der Waals surface area contributed by atoms with E-state index in [1.807, 2.05) is 12.1 Å². The maximum absolute atomic E-state index is 5.15. The first-order valence-electron chi connectivity index (χ1n) is 6.69. The summed E-state index contributed by atoms with van der Waals surface area (Å²) >= 11 is 0. The molecule has 0 bridgehead atoms. The normalized spacial score (nSPS) is 22.5. The van der Waals surface area contributed by atoms with Gasteiger partial charge in [0.1, 0.15) is 5.75 Å². The molecule has 1 aromatic carbocycles. The van der Waals surface area contributed by atoms with E-state index in [-0.39, 0.29) is 0 Å². The lowest BCUT2D eigenvalue weighted by Gasteiger charge is -2.05. The molecule has 0 spiro atoms. The molecule has 0 aliphatic heterocycles. The summed E-state index contributed by atoms with van der Waals surface area (Å²) in [6.07, 6.45) is 5.21. The van der Waals surface area contributed by atoms with Gasteiger partial charge in [-0.1, -0.05) is 25.5 Å². The molecular weight excluding hydrogens is 210 g/mol. The standard InChI is InChI=1S/C15H23NO/c1-3-4-13-11-15(13)16-10-9-12-5-7-14(17-2)8-6-12/h5-8,13,15-16H,3-4,9-11H2,1-2H3. The minimum absolute atomic E-state index is 0.799. The summed E-state index contributed by atoms with van der Waals surface area (Å²) in [5, 5.41) is 3.64. The summed E-state index contributed by atoms with van der Waals surface area (Å²) in [4.78, 5) is 0. The van der Waals surface area contributed by atoms with Gasteiger partial charge in [-0.25, -0.2) is 0 Å². The van der Waals surface area contributed by atoms with Crippen molar-refractivity contribution in [3.63, 3.8) is 0 Å². The lowest BCUT2D eigenvalue weighted by atomic mass is 10.1. The topological polar surface area (TPSA) is 21.3 Å². The number of rotatable bonds is 7. The van der Waals surface area contributed by atoms with Crippen LogP contribution in [0.3, 0.4) is 0 Å². The van der Waals surface area contributed by atoms with Crippen molar-refractivity contribution in [2.45, 2.75) is 38.6 Å². The molecule has 1 aliphatic carbocycles. The Morgan fingerprint density at radius 2 is 2.06 bits per heavy atom. The fraction of sp³-hybridized carbons (Fsp3) is 0.600. The molecule has 0 radical (unpaired) electrons. The van der Waals surface area contributed by atoms with E-state index in [1.54, 1.807) is 7.11 Å². The van der Waals surface area contributed by atoms with Crippen molar-refractivity contribution < 1.29 is 4.74 Å². The van der Waals surface area contributed by atoms with Gasteiger partial charge in [-0.05, 0) is 49.4 Å². The molecule has 1 aliphatic rings. The second kappa shape index (κ2) is 6.06. The summed E-state index contributed by atoms with van der Waals surface area (Å²) < 4.78 is 5.15. The van der Waals surface area contributed by atoms with E-state index in [0.717, 1.165) is 30.7 Å². The second-order valence-electron chi connectivity index (χ2n) is 4.94. The molecule has 0 amide bonds. The zero-order chi connectivity index (χ0) is 12.1. The number of benzene rings is 1. The Bertz CT molecular complexity index is 333. The smallest absolute Gasteiger partial charge is 0.118 e. The Morgan fingerprint density at radius 1 is 1.29 bits per heavy atom. The quantitative estimate of drug-likeness (QED) is 0.781. The maximum atomic E-state index is 5.15. The van der Waals surface area contributed by atoms with E-state index in [9.17, 15) is 0 Å². The van der Waals surface area contributed by atoms with E-state index < -0.39 is 0 Å². The lowest BCUT2D eigenvalue weighted by molar-refractivity contribution is 0.414. The van der Waals surface area contributed by atoms with Crippen LogP contribution in [0.2, 0.25) is 0 Å². The highest BCUT2D eigenvalue weighted by Gasteiger charge is 2.34. The van der Waals surface area contributed by atoms with Crippen LogP contribution < -0.4 is 10.1 Å². The van der Waals surface area contributed by atoms with Gasteiger partial charge < -0.3 is 10.1 Å². The van der Waals surface area contributed by atoms with Crippen LogP contribution in [-0.4, -0.2) is 19.7 Å². The van der Waals surface area contributed by atoms with Crippen LogP contribution in [0.15, 0.2) is 24.3 Å². The summed E-state index contributed by atoms with van der Waals surface area (Å²) in [6, 6.07) is 9.17. The number of nitrogens with one attached hydrogen (secondary N) is 1. The van der Waals surface area contributed by atoms with E-state index in [1.165, 1.54) is 24.8 Å². The van der Waals surface area contributed by atoms with Crippen LogP contribution in [-0.2, 0) is 6.42 Å². The van der Waals surface area contributed by atoms with Gasteiger partial charge >= 0.3 is 0 Å². The number of hydrogen-bond donors (Lipinski definition) is 1.